The number of halogens is 2. The van der Waals surface area contributed by atoms with Crippen LogP contribution in [0.25, 0.3) is 0 Å². The number of nitrogens with two attached hydrogens (primary N) is 1. The van der Waals surface area contributed by atoms with E-state index >= 15 is 0 Å². The predicted octanol–water partition coefficient (Wildman–Crippen LogP) is 1.66. The molecule has 1 saturated heterocycles. The number of sulfonamides is 1. The molecule has 6 nitrogen and oxygen atoms in total. The van der Waals surface area contributed by atoms with Crippen molar-refractivity contribution in [3.8, 4) is 0 Å². The van der Waals surface area contributed by atoms with E-state index in [1.807, 2.05) is 0 Å². The summed E-state index contributed by atoms with van der Waals surface area (Å²) in [6.07, 6.45) is 1.47. The molecular weight excluding hydrogens is 351 g/mol. The fourth-order valence-electron chi connectivity index (χ4n) is 2.48. The van der Waals surface area contributed by atoms with Crippen molar-refractivity contribution in [2.24, 2.45) is 5.73 Å². The van der Waals surface area contributed by atoms with Crippen LogP contribution in [0, 0.1) is 0 Å². The Morgan fingerprint density at radius 1 is 1.50 bits per heavy atom. The quantitative estimate of drug-likeness (QED) is 0.816. The Morgan fingerprint density at radius 3 is 2.77 bits per heavy atom. The third kappa shape index (κ3) is 3.55. The van der Waals surface area contributed by atoms with Crippen LogP contribution in [-0.4, -0.2) is 44.9 Å². The summed E-state index contributed by atoms with van der Waals surface area (Å²) in [7, 11) is -2.62. The zero-order chi connectivity index (χ0) is 15.6. The maximum atomic E-state index is 12.8. The molecule has 0 spiro atoms. The molecule has 2 rings (SSSR count). The van der Waals surface area contributed by atoms with Gasteiger partial charge in [0.2, 0.25) is 10.0 Å². The van der Waals surface area contributed by atoms with Gasteiger partial charge in [-0.3, -0.25) is 0 Å². The lowest BCUT2D eigenvalue weighted by Gasteiger charge is -2.23. The van der Waals surface area contributed by atoms with E-state index in [0.717, 1.165) is 12.8 Å². The molecule has 9 heteroatoms. The average Bonchev–Trinajstić information content (AvgIpc) is 2.95. The van der Waals surface area contributed by atoms with Crippen LogP contribution in [0.4, 0.5) is 0 Å². The van der Waals surface area contributed by atoms with Crippen LogP contribution >= 0.6 is 24.0 Å². The lowest BCUT2D eigenvalue weighted by molar-refractivity contribution is 0.0596. The maximum absolute atomic E-state index is 12.8. The molecule has 0 amide bonds. The van der Waals surface area contributed by atoms with E-state index in [4.69, 9.17) is 17.3 Å². The lowest BCUT2D eigenvalue weighted by Crippen LogP contribution is -2.40. The zero-order valence-electron chi connectivity index (χ0n) is 12.0. The molecule has 1 aromatic rings. The van der Waals surface area contributed by atoms with Crippen molar-refractivity contribution in [2.75, 3.05) is 20.2 Å². The van der Waals surface area contributed by atoms with Crippen molar-refractivity contribution in [2.45, 2.75) is 23.8 Å². The first-order valence-corrected chi connectivity index (χ1v) is 8.33. The van der Waals surface area contributed by atoms with Gasteiger partial charge in [0.15, 0.2) is 0 Å². The fraction of sp³-hybridized carbons (Fsp3) is 0.462. The highest BCUT2D eigenvalue weighted by atomic mass is 35.5. The largest absolute Gasteiger partial charge is 0.465 e. The molecule has 22 heavy (non-hydrogen) atoms. The molecule has 0 aromatic heterocycles. The second kappa shape index (κ2) is 7.61. The van der Waals surface area contributed by atoms with Gasteiger partial charge in [-0.2, -0.15) is 4.31 Å². The number of carbonyl (C=O) groups excluding carboxylic acids is 1. The molecule has 0 saturated carbocycles. The van der Waals surface area contributed by atoms with Gasteiger partial charge in [0.1, 0.15) is 0 Å². The van der Waals surface area contributed by atoms with E-state index in [2.05, 4.69) is 4.74 Å². The number of hydrogen-bond donors (Lipinski definition) is 1. The van der Waals surface area contributed by atoms with Gasteiger partial charge >= 0.3 is 5.97 Å². The molecular formula is C13H18Cl2N2O4S. The smallest absolute Gasteiger partial charge is 0.339 e. The minimum absolute atomic E-state index is 0. The monoisotopic (exact) mass is 368 g/mol. The highest BCUT2D eigenvalue weighted by Gasteiger charge is 2.36. The van der Waals surface area contributed by atoms with E-state index in [-0.39, 0.29) is 40.5 Å². The van der Waals surface area contributed by atoms with E-state index in [1.165, 1.54) is 29.6 Å². The molecule has 1 aliphatic heterocycles. The number of methoxy groups -OCH3 is 1. The van der Waals surface area contributed by atoms with Crippen LogP contribution in [0.1, 0.15) is 23.2 Å². The number of ether oxygens (including phenoxy) is 1. The summed E-state index contributed by atoms with van der Waals surface area (Å²) in [5.74, 6) is -0.737. The van der Waals surface area contributed by atoms with Crippen molar-refractivity contribution in [3.05, 3.63) is 28.8 Å². The second-order valence-corrected chi connectivity index (χ2v) is 7.07. The summed E-state index contributed by atoms with van der Waals surface area (Å²) >= 11 is 5.85. The topological polar surface area (TPSA) is 89.7 Å². The van der Waals surface area contributed by atoms with Crippen LogP contribution in [-0.2, 0) is 14.8 Å². The third-order valence-electron chi connectivity index (χ3n) is 3.53. The van der Waals surface area contributed by atoms with Gasteiger partial charge in [-0.25, -0.2) is 13.2 Å². The van der Waals surface area contributed by atoms with Crippen molar-refractivity contribution in [3.63, 3.8) is 0 Å². The van der Waals surface area contributed by atoms with Crippen molar-refractivity contribution >= 4 is 40.0 Å². The van der Waals surface area contributed by atoms with Gasteiger partial charge < -0.3 is 10.5 Å². The van der Waals surface area contributed by atoms with Crippen LogP contribution in [0.2, 0.25) is 5.02 Å². The molecule has 1 fully saturated rings. The lowest BCUT2D eigenvalue weighted by atomic mass is 10.2. The molecule has 0 aliphatic carbocycles. The molecule has 1 unspecified atom stereocenters. The van der Waals surface area contributed by atoms with Gasteiger partial charge in [0.25, 0.3) is 0 Å². The highest BCUT2D eigenvalue weighted by molar-refractivity contribution is 7.89. The van der Waals surface area contributed by atoms with Crippen molar-refractivity contribution in [1.29, 1.82) is 0 Å². The first kappa shape index (κ1) is 19.2. The molecule has 0 radical (unpaired) electrons. The second-order valence-electron chi connectivity index (χ2n) is 4.78. The van der Waals surface area contributed by atoms with Crippen LogP contribution in [0.3, 0.4) is 0 Å². The fourth-order valence-corrected chi connectivity index (χ4v) is 4.52. The van der Waals surface area contributed by atoms with Crippen molar-refractivity contribution < 1.29 is 17.9 Å². The van der Waals surface area contributed by atoms with Gasteiger partial charge in [0.05, 0.1) is 17.6 Å². The normalized spacial score (nSPS) is 18.8. The molecule has 0 bridgehead atoms. The van der Waals surface area contributed by atoms with Crippen LogP contribution in [0.5, 0.6) is 0 Å². The zero-order valence-corrected chi connectivity index (χ0v) is 14.4. The number of nitrogens with zero attached hydrogens (tertiary/aromatic N) is 1. The average molecular weight is 369 g/mol. The summed E-state index contributed by atoms with van der Waals surface area (Å²) in [5, 5.41) is 0.270. The molecule has 1 aromatic carbocycles. The summed E-state index contributed by atoms with van der Waals surface area (Å²) < 4.78 is 31.5. The number of hydrogen-bond acceptors (Lipinski definition) is 5. The summed E-state index contributed by atoms with van der Waals surface area (Å²) in [6, 6.07) is 3.83. The maximum Gasteiger partial charge on any atom is 0.339 e. The molecule has 124 valence electrons. The molecule has 1 aliphatic rings. The standard InChI is InChI=1S/C13H17ClN2O4S.ClH/c1-20-13(17)11-7-9(14)4-5-12(11)21(18,19)16-6-2-3-10(16)8-15;/h4-5,7,10H,2-3,6,8,15H2,1H3;1H. The van der Waals surface area contributed by atoms with E-state index in [9.17, 15) is 13.2 Å². The minimum atomic E-state index is -3.81. The Kier molecular flexibility index (Phi) is 6.64. The van der Waals surface area contributed by atoms with Crippen LogP contribution < -0.4 is 5.73 Å². The van der Waals surface area contributed by atoms with E-state index in [0.29, 0.717) is 6.54 Å². The third-order valence-corrected chi connectivity index (χ3v) is 5.77. The SMILES string of the molecule is COC(=O)c1cc(Cl)ccc1S(=O)(=O)N1CCCC1CN.Cl. The minimum Gasteiger partial charge on any atom is -0.465 e. The Bertz CT molecular complexity index is 651. The Balaban J connectivity index is 0.00000242. The first-order chi connectivity index (χ1) is 9.91. The number of esters is 1. The first-order valence-electron chi connectivity index (χ1n) is 6.51. The Morgan fingerprint density at radius 2 is 2.18 bits per heavy atom. The summed E-state index contributed by atoms with van der Waals surface area (Å²) in [5.41, 5.74) is 5.57. The Labute approximate surface area is 141 Å². The molecule has 1 heterocycles. The van der Waals surface area contributed by atoms with Crippen molar-refractivity contribution in [1.82, 2.24) is 4.31 Å². The predicted molar refractivity (Wildman–Crippen MR) is 86.0 cm³/mol. The van der Waals surface area contributed by atoms with E-state index in [1.54, 1.807) is 0 Å². The van der Waals surface area contributed by atoms with Gasteiger partial charge in [-0.05, 0) is 31.0 Å². The van der Waals surface area contributed by atoms with Crippen LogP contribution in [0.15, 0.2) is 23.1 Å². The molecule has 1 atom stereocenters. The summed E-state index contributed by atoms with van der Waals surface area (Å²) in [4.78, 5) is 11.7. The van der Waals surface area contributed by atoms with Gasteiger partial charge in [-0.1, -0.05) is 11.6 Å². The number of carbonyl (C=O) groups is 1. The number of benzene rings is 1. The highest BCUT2D eigenvalue weighted by Crippen LogP contribution is 2.29. The van der Waals surface area contributed by atoms with Gasteiger partial charge in [-0.15, -0.1) is 12.4 Å². The van der Waals surface area contributed by atoms with E-state index < -0.39 is 16.0 Å². The van der Waals surface area contributed by atoms with Gasteiger partial charge in [0, 0.05) is 24.2 Å². The summed E-state index contributed by atoms with van der Waals surface area (Å²) in [6.45, 7) is 0.647. The number of rotatable bonds is 4. The Hall–Kier alpha value is -0.860. The molecule has 2 N–H and O–H groups in total.